The molecule has 2 aromatic carbocycles. The molecule has 0 bridgehead atoms. The first-order valence-electron chi connectivity index (χ1n) is 11.5. The second kappa shape index (κ2) is 10.2. The molecule has 0 unspecified atom stereocenters. The summed E-state index contributed by atoms with van der Waals surface area (Å²) in [6.07, 6.45) is -2.51. The first-order valence-corrected chi connectivity index (χ1v) is 11.5. The Bertz CT molecular complexity index is 1570. The number of fused-ring (bicyclic) bond motifs is 1. The van der Waals surface area contributed by atoms with Crippen molar-refractivity contribution in [1.82, 2.24) is 25.6 Å². The third-order valence-electron chi connectivity index (χ3n) is 5.86. The van der Waals surface area contributed by atoms with E-state index in [0.29, 0.717) is 35.4 Å². The molecule has 1 aliphatic rings. The number of aromatic amines is 1. The van der Waals surface area contributed by atoms with E-state index in [0.717, 1.165) is 7.11 Å². The number of benzene rings is 2. The number of H-pyrrole nitrogens is 1. The van der Waals surface area contributed by atoms with Gasteiger partial charge in [-0.05, 0) is 36.4 Å². The summed E-state index contributed by atoms with van der Waals surface area (Å²) in [4.78, 5) is 36.2. The Morgan fingerprint density at radius 3 is 2.56 bits per heavy atom. The lowest BCUT2D eigenvalue weighted by molar-refractivity contribution is -0.189. The Kier molecular flexibility index (Phi) is 6.78. The van der Waals surface area contributed by atoms with Crippen LogP contribution >= 0.6 is 0 Å². The van der Waals surface area contributed by atoms with E-state index in [-0.39, 0.29) is 28.9 Å². The number of methoxy groups -OCH3 is 1. The van der Waals surface area contributed by atoms with Crippen LogP contribution in [0.5, 0.6) is 11.5 Å². The fourth-order valence-electron chi connectivity index (χ4n) is 3.88. The van der Waals surface area contributed by atoms with E-state index >= 15 is 0 Å². The van der Waals surface area contributed by atoms with E-state index in [1.807, 2.05) is 0 Å². The number of hydrogen-bond acceptors (Lipinski definition) is 8. The van der Waals surface area contributed by atoms with E-state index in [1.54, 1.807) is 12.1 Å². The van der Waals surface area contributed by atoms with Gasteiger partial charge in [0.1, 0.15) is 17.3 Å². The lowest BCUT2D eigenvalue weighted by Crippen LogP contribution is -2.57. The standard InChI is InChI=1S/C25H20F4N6O4/c1-38-22-17(5-3-15(23(36)32-14-8-30-9-14)21(22)39-24(37)25(27,28)29)34-20-11-31-10-19(35-20)18-7-12-6-13(26)2-4-16(12)33-18/h2-7,10-11,14,30,33H,8-9H2,1H3,(H,32,36)(H,34,35). The van der Waals surface area contributed by atoms with Crippen molar-refractivity contribution in [3.63, 3.8) is 0 Å². The Morgan fingerprint density at radius 2 is 1.87 bits per heavy atom. The maximum absolute atomic E-state index is 13.6. The molecule has 3 heterocycles. The Hall–Kier alpha value is -4.72. The fraction of sp³-hybridized carbons (Fsp3) is 0.200. The van der Waals surface area contributed by atoms with E-state index in [2.05, 4.69) is 35.6 Å². The highest BCUT2D eigenvalue weighted by Crippen LogP contribution is 2.41. The number of anilines is 2. The zero-order chi connectivity index (χ0) is 27.7. The van der Waals surface area contributed by atoms with E-state index in [9.17, 15) is 27.2 Å². The molecule has 202 valence electrons. The van der Waals surface area contributed by atoms with Crippen molar-refractivity contribution in [1.29, 1.82) is 0 Å². The number of halogens is 4. The van der Waals surface area contributed by atoms with Gasteiger partial charge in [-0.2, -0.15) is 13.2 Å². The van der Waals surface area contributed by atoms with Crippen LogP contribution in [0.1, 0.15) is 10.4 Å². The molecule has 4 aromatic rings. The van der Waals surface area contributed by atoms with E-state index < -0.39 is 29.6 Å². The number of amides is 1. The number of esters is 1. The van der Waals surface area contributed by atoms with Crippen LogP contribution in [0, 0.1) is 5.82 Å². The Labute approximate surface area is 217 Å². The number of nitrogens with zero attached hydrogens (tertiary/aromatic N) is 2. The molecular formula is C25H20F4N6O4. The molecule has 4 N–H and O–H groups in total. The van der Waals surface area contributed by atoms with Crippen LogP contribution in [-0.4, -0.2) is 59.2 Å². The molecule has 5 rings (SSSR count). The normalized spacial score (nSPS) is 13.6. The molecule has 0 saturated carbocycles. The summed E-state index contributed by atoms with van der Waals surface area (Å²) in [5, 5.41) is 9.09. The minimum Gasteiger partial charge on any atom is -0.491 e. The second-order valence-corrected chi connectivity index (χ2v) is 8.57. The monoisotopic (exact) mass is 544 g/mol. The van der Waals surface area contributed by atoms with Crippen LogP contribution in [0.25, 0.3) is 22.3 Å². The number of nitrogens with one attached hydrogen (secondary N) is 4. The van der Waals surface area contributed by atoms with Crippen LogP contribution in [0.2, 0.25) is 0 Å². The van der Waals surface area contributed by atoms with Crippen molar-refractivity contribution < 1.29 is 36.6 Å². The number of carbonyl (C=O) groups excluding carboxylic acids is 2. The Balaban J connectivity index is 1.49. The third-order valence-corrected chi connectivity index (χ3v) is 5.86. The van der Waals surface area contributed by atoms with Crippen LogP contribution in [0.3, 0.4) is 0 Å². The van der Waals surface area contributed by atoms with Crippen LogP contribution in [0.4, 0.5) is 29.1 Å². The lowest BCUT2D eigenvalue weighted by atomic mass is 10.1. The van der Waals surface area contributed by atoms with Crippen LogP contribution in [0.15, 0.2) is 48.8 Å². The van der Waals surface area contributed by atoms with Gasteiger partial charge in [-0.15, -0.1) is 0 Å². The summed E-state index contributed by atoms with van der Waals surface area (Å²) in [6, 6.07) is 8.29. The highest BCUT2D eigenvalue weighted by Gasteiger charge is 2.43. The van der Waals surface area contributed by atoms with Crippen molar-refractivity contribution in [3.8, 4) is 22.9 Å². The summed E-state index contributed by atoms with van der Waals surface area (Å²) < 4.78 is 62.6. The highest BCUT2D eigenvalue weighted by atomic mass is 19.4. The molecule has 2 aromatic heterocycles. The van der Waals surface area contributed by atoms with Gasteiger partial charge in [0.2, 0.25) is 0 Å². The number of aromatic nitrogens is 3. The average Bonchev–Trinajstić information content (AvgIpc) is 3.29. The molecule has 10 nitrogen and oxygen atoms in total. The van der Waals surface area contributed by atoms with Gasteiger partial charge in [0, 0.05) is 24.0 Å². The smallest absolute Gasteiger partial charge is 0.491 e. The first-order chi connectivity index (χ1) is 18.6. The van der Waals surface area contributed by atoms with Gasteiger partial charge in [-0.3, -0.25) is 9.78 Å². The van der Waals surface area contributed by atoms with Gasteiger partial charge in [-0.1, -0.05) is 0 Å². The predicted octanol–water partition coefficient (Wildman–Crippen LogP) is 3.69. The molecule has 0 atom stereocenters. The van der Waals surface area contributed by atoms with E-state index in [1.165, 1.54) is 36.7 Å². The summed E-state index contributed by atoms with van der Waals surface area (Å²) >= 11 is 0. The zero-order valence-corrected chi connectivity index (χ0v) is 20.1. The van der Waals surface area contributed by atoms with Gasteiger partial charge < -0.3 is 30.4 Å². The summed E-state index contributed by atoms with van der Waals surface area (Å²) in [5.41, 5.74) is 1.32. The molecule has 1 aliphatic heterocycles. The van der Waals surface area contributed by atoms with Gasteiger partial charge in [0.05, 0.1) is 42.5 Å². The quantitative estimate of drug-likeness (QED) is 0.158. The molecule has 1 amide bonds. The van der Waals surface area contributed by atoms with Crippen molar-refractivity contribution in [2.75, 3.05) is 25.5 Å². The molecule has 39 heavy (non-hydrogen) atoms. The number of rotatable bonds is 7. The average molecular weight is 544 g/mol. The first kappa shape index (κ1) is 25.9. The molecule has 1 saturated heterocycles. The molecule has 0 spiro atoms. The minimum absolute atomic E-state index is 0.0505. The number of hydrogen-bond donors (Lipinski definition) is 4. The second-order valence-electron chi connectivity index (χ2n) is 8.57. The molecule has 0 aliphatic carbocycles. The molecular weight excluding hydrogens is 524 g/mol. The van der Waals surface area contributed by atoms with Gasteiger partial charge >= 0.3 is 12.1 Å². The highest BCUT2D eigenvalue weighted by molar-refractivity contribution is 6.00. The SMILES string of the molecule is COc1c(Nc2cncc(-c3cc4cc(F)ccc4[nH]3)n2)ccc(C(=O)NC2CNC2)c1OC(=O)C(F)(F)F. The summed E-state index contributed by atoms with van der Waals surface area (Å²) in [7, 11) is 1.15. The lowest BCUT2D eigenvalue weighted by Gasteiger charge is -2.28. The van der Waals surface area contributed by atoms with Crippen molar-refractivity contribution in [2.45, 2.75) is 12.2 Å². The summed E-state index contributed by atoms with van der Waals surface area (Å²) in [6.45, 7) is 0.973. The maximum atomic E-state index is 13.6. The van der Waals surface area contributed by atoms with Gasteiger partial charge in [-0.25, -0.2) is 14.2 Å². The Morgan fingerprint density at radius 1 is 1.08 bits per heavy atom. The maximum Gasteiger partial charge on any atom is 0.491 e. The van der Waals surface area contributed by atoms with Gasteiger partial charge in [0.25, 0.3) is 5.91 Å². The molecule has 14 heteroatoms. The van der Waals surface area contributed by atoms with Crippen molar-refractivity contribution in [2.24, 2.45) is 0 Å². The molecule has 0 radical (unpaired) electrons. The number of carbonyl (C=O) groups is 2. The largest absolute Gasteiger partial charge is 0.491 e. The van der Waals surface area contributed by atoms with Crippen molar-refractivity contribution in [3.05, 3.63) is 60.2 Å². The summed E-state index contributed by atoms with van der Waals surface area (Å²) in [5.74, 6) is -4.55. The third kappa shape index (κ3) is 5.45. The fourth-order valence-corrected chi connectivity index (χ4v) is 3.88. The van der Waals surface area contributed by atoms with Crippen molar-refractivity contribution >= 4 is 34.3 Å². The van der Waals surface area contributed by atoms with Crippen LogP contribution < -0.4 is 25.4 Å². The number of ether oxygens (including phenoxy) is 2. The number of alkyl halides is 3. The van der Waals surface area contributed by atoms with Gasteiger partial charge in [0.15, 0.2) is 11.5 Å². The topological polar surface area (TPSA) is 130 Å². The zero-order valence-electron chi connectivity index (χ0n) is 20.1. The minimum atomic E-state index is -5.32. The predicted molar refractivity (Wildman–Crippen MR) is 131 cm³/mol. The van der Waals surface area contributed by atoms with Crippen LogP contribution in [-0.2, 0) is 4.79 Å². The molecule has 1 fully saturated rings. The van der Waals surface area contributed by atoms with E-state index in [4.69, 9.17) is 4.74 Å².